The standard InChI is InChI=1S/C17H26N2/c1-14(19-9-2-3-10-19)12-18-13-15-5-4-6-17(11-15)16-7-8-16/h4-6,11,14,16,18H,2-3,7-10,12-13H2,1H3. The average Bonchev–Trinajstić information content (AvgIpc) is 3.14. The molecular weight excluding hydrogens is 232 g/mol. The normalized spacial score (nSPS) is 21.7. The minimum absolute atomic E-state index is 0.675. The Balaban J connectivity index is 1.45. The van der Waals surface area contributed by atoms with Gasteiger partial charge in [-0.15, -0.1) is 0 Å². The monoisotopic (exact) mass is 258 g/mol. The maximum absolute atomic E-state index is 3.62. The zero-order valence-electron chi connectivity index (χ0n) is 12.1. The summed E-state index contributed by atoms with van der Waals surface area (Å²) in [6.07, 6.45) is 5.55. The fraction of sp³-hybridized carbons (Fsp3) is 0.647. The van der Waals surface area contributed by atoms with E-state index in [1.54, 1.807) is 5.56 Å². The van der Waals surface area contributed by atoms with Crippen LogP contribution in [0, 0.1) is 0 Å². The first kappa shape index (κ1) is 13.1. The van der Waals surface area contributed by atoms with Crippen molar-refractivity contribution in [3.63, 3.8) is 0 Å². The highest BCUT2D eigenvalue weighted by molar-refractivity contribution is 5.29. The molecule has 0 spiro atoms. The Morgan fingerprint density at radius 3 is 2.79 bits per heavy atom. The summed E-state index contributed by atoms with van der Waals surface area (Å²) in [6, 6.07) is 9.82. The van der Waals surface area contributed by atoms with Crippen LogP contribution in [0.5, 0.6) is 0 Å². The van der Waals surface area contributed by atoms with E-state index >= 15 is 0 Å². The molecule has 1 aromatic carbocycles. The van der Waals surface area contributed by atoms with Crippen LogP contribution in [0.25, 0.3) is 0 Å². The molecule has 0 radical (unpaired) electrons. The highest BCUT2D eigenvalue weighted by atomic mass is 15.2. The topological polar surface area (TPSA) is 15.3 Å². The van der Waals surface area contributed by atoms with Crippen molar-refractivity contribution in [2.75, 3.05) is 19.6 Å². The Morgan fingerprint density at radius 1 is 1.26 bits per heavy atom. The van der Waals surface area contributed by atoms with Crippen LogP contribution >= 0.6 is 0 Å². The van der Waals surface area contributed by atoms with E-state index in [1.807, 2.05) is 0 Å². The molecule has 1 N–H and O–H groups in total. The van der Waals surface area contributed by atoms with Crippen molar-refractivity contribution in [3.05, 3.63) is 35.4 Å². The number of hydrogen-bond donors (Lipinski definition) is 1. The molecule has 0 bridgehead atoms. The predicted molar refractivity (Wildman–Crippen MR) is 80.4 cm³/mol. The molecule has 2 nitrogen and oxygen atoms in total. The van der Waals surface area contributed by atoms with Crippen LogP contribution in [0.4, 0.5) is 0 Å². The molecule has 2 aliphatic rings. The van der Waals surface area contributed by atoms with E-state index < -0.39 is 0 Å². The minimum atomic E-state index is 0.675. The summed E-state index contributed by atoms with van der Waals surface area (Å²) < 4.78 is 0. The van der Waals surface area contributed by atoms with Gasteiger partial charge in [0.15, 0.2) is 0 Å². The number of rotatable bonds is 6. The lowest BCUT2D eigenvalue weighted by atomic mass is 10.1. The zero-order chi connectivity index (χ0) is 13.1. The van der Waals surface area contributed by atoms with Gasteiger partial charge in [0.2, 0.25) is 0 Å². The first-order valence-corrected chi connectivity index (χ1v) is 7.86. The molecule has 2 heteroatoms. The third kappa shape index (κ3) is 3.58. The molecule has 1 saturated heterocycles. The summed E-state index contributed by atoms with van der Waals surface area (Å²) in [5.74, 6) is 0.864. The predicted octanol–water partition coefficient (Wildman–Crippen LogP) is 3.14. The first-order chi connectivity index (χ1) is 9.33. The molecule has 1 heterocycles. The number of nitrogens with one attached hydrogen (secondary N) is 1. The summed E-state index contributed by atoms with van der Waals surface area (Å²) >= 11 is 0. The molecule has 3 rings (SSSR count). The van der Waals surface area contributed by atoms with Crippen LogP contribution in [-0.4, -0.2) is 30.6 Å². The van der Waals surface area contributed by atoms with Gasteiger partial charge in [-0.05, 0) is 62.7 Å². The molecular formula is C17H26N2. The van der Waals surface area contributed by atoms with E-state index in [0.717, 1.165) is 19.0 Å². The highest BCUT2D eigenvalue weighted by Crippen LogP contribution is 2.40. The lowest BCUT2D eigenvalue weighted by Crippen LogP contribution is -2.38. The van der Waals surface area contributed by atoms with Crippen LogP contribution in [0.3, 0.4) is 0 Å². The van der Waals surface area contributed by atoms with Crippen molar-refractivity contribution in [1.29, 1.82) is 0 Å². The van der Waals surface area contributed by atoms with E-state index in [4.69, 9.17) is 0 Å². The van der Waals surface area contributed by atoms with Gasteiger partial charge in [-0.2, -0.15) is 0 Å². The molecule has 1 unspecified atom stereocenters. The summed E-state index contributed by atoms with van der Waals surface area (Å²) in [6.45, 7) is 7.05. The molecule has 1 aliphatic heterocycles. The SMILES string of the molecule is CC(CNCc1cccc(C2CC2)c1)N1CCCC1. The molecule has 1 atom stereocenters. The lowest BCUT2D eigenvalue weighted by molar-refractivity contribution is 0.251. The van der Waals surface area contributed by atoms with Crippen molar-refractivity contribution < 1.29 is 0 Å². The quantitative estimate of drug-likeness (QED) is 0.843. The maximum atomic E-state index is 3.62. The molecule has 104 valence electrons. The minimum Gasteiger partial charge on any atom is -0.311 e. The van der Waals surface area contributed by atoms with Crippen molar-refractivity contribution in [3.8, 4) is 0 Å². The Morgan fingerprint density at radius 2 is 2.05 bits per heavy atom. The number of benzene rings is 1. The second-order valence-electron chi connectivity index (χ2n) is 6.24. The fourth-order valence-electron chi connectivity index (χ4n) is 3.11. The molecule has 19 heavy (non-hydrogen) atoms. The van der Waals surface area contributed by atoms with Gasteiger partial charge in [-0.25, -0.2) is 0 Å². The van der Waals surface area contributed by atoms with E-state index in [-0.39, 0.29) is 0 Å². The van der Waals surface area contributed by atoms with Crippen LogP contribution in [0.1, 0.15) is 49.7 Å². The molecule has 2 fully saturated rings. The van der Waals surface area contributed by atoms with Crippen molar-refractivity contribution in [2.45, 2.75) is 51.1 Å². The highest BCUT2D eigenvalue weighted by Gasteiger charge is 2.23. The van der Waals surface area contributed by atoms with Gasteiger partial charge in [0, 0.05) is 19.1 Å². The molecule has 0 amide bonds. The summed E-state index contributed by atoms with van der Waals surface area (Å²) in [4.78, 5) is 2.60. The second-order valence-corrected chi connectivity index (χ2v) is 6.24. The second kappa shape index (κ2) is 6.06. The largest absolute Gasteiger partial charge is 0.311 e. The maximum Gasteiger partial charge on any atom is 0.0206 e. The van der Waals surface area contributed by atoms with Crippen molar-refractivity contribution in [1.82, 2.24) is 10.2 Å². The van der Waals surface area contributed by atoms with Crippen molar-refractivity contribution in [2.24, 2.45) is 0 Å². The fourth-order valence-corrected chi connectivity index (χ4v) is 3.11. The van der Waals surface area contributed by atoms with Gasteiger partial charge < -0.3 is 5.32 Å². The van der Waals surface area contributed by atoms with Gasteiger partial charge in [-0.1, -0.05) is 24.3 Å². The average molecular weight is 258 g/mol. The zero-order valence-corrected chi connectivity index (χ0v) is 12.1. The van der Waals surface area contributed by atoms with Gasteiger partial charge in [-0.3, -0.25) is 4.90 Å². The number of nitrogens with zero attached hydrogens (tertiary/aromatic N) is 1. The Bertz CT molecular complexity index is 405. The summed E-state index contributed by atoms with van der Waals surface area (Å²) in [5.41, 5.74) is 2.99. The van der Waals surface area contributed by atoms with Crippen molar-refractivity contribution >= 4 is 0 Å². The van der Waals surface area contributed by atoms with Gasteiger partial charge >= 0.3 is 0 Å². The third-order valence-corrected chi connectivity index (χ3v) is 4.53. The van der Waals surface area contributed by atoms with E-state index in [9.17, 15) is 0 Å². The van der Waals surface area contributed by atoms with E-state index in [2.05, 4.69) is 41.4 Å². The van der Waals surface area contributed by atoms with Crippen LogP contribution in [0.2, 0.25) is 0 Å². The smallest absolute Gasteiger partial charge is 0.0206 e. The van der Waals surface area contributed by atoms with E-state index in [1.165, 1.54) is 44.3 Å². The van der Waals surface area contributed by atoms with E-state index in [0.29, 0.717) is 6.04 Å². The summed E-state index contributed by atoms with van der Waals surface area (Å²) in [7, 11) is 0. The van der Waals surface area contributed by atoms with Gasteiger partial charge in [0.05, 0.1) is 0 Å². The summed E-state index contributed by atoms with van der Waals surface area (Å²) in [5, 5.41) is 3.62. The first-order valence-electron chi connectivity index (χ1n) is 7.86. The number of hydrogen-bond acceptors (Lipinski definition) is 2. The Kier molecular flexibility index (Phi) is 4.19. The number of likely N-dealkylation sites (tertiary alicyclic amines) is 1. The van der Waals surface area contributed by atoms with Crippen LogP contribution in [-0.2, 0) is 6.54 Å². The molecule has 1 saturated carbocycles. The molecule has 0 aromatic heterocycles. The van der Waals surface area contributed by atoms with Crippen LogP contribution < -0.4 is 5.32 Å². The third-order valence-electron chi connectivity index (χ3n) is 4.53. The molecule has 1 aliphatic carbocycles. The Labute approximate surface area is 117 Å². The van der Waals surface area contributed by atoms with Gasteiger partial charge in [0.1, 0.15) is 0 Å². The van der Waals surface area contributed by atoms with Gasteiger partial charge in [0.25, 0.3) is 0 Å². The molecule has 1 aromatic rings. The van der Waals surface area contributed by atoms with Crippen LogP contribution in [0.15, 0.2) is 24.3 Å². The Hall–Kier alpha value is -0.860. The lowest BCUT2D eigenvalue weighted by Gasteiger charge is -2.24.